The van der Waals surface area contributed by atoms with Gasteiger partial charge in [0.15, 0.2) is 0 Å². The van der Waals surface area contributed by atoms with E-state index < -0.39 is 12.2 Å². The van der Waals surface area contributed by atoms with Gasteiger partial charge in [0, 0.05) is 24.5 Å². The minimum atomic E-state index is -0.623. The second kappa shape index (κ2) is 6.41. The molecule has 0 saturated carbocycles. The van der Waals surface area contributed by atoms with Crippen LogP contribution in [0.4, 0.5) is 11.4 Å². The summed E-state index contributed by atoms with van der Waals surface area (Å²) >= 11 is 0. The number of nitrogens with zero attached hydrogens (tertiary/aromatic N) is 1. The number of nitrogen functional groups attached to an aromatic ring is 1. The normalized spacial score (nSPS) is 25.7. The molecular formula is C14H24N4O2. The molecule has 4 unspecified atom stereocenters. The van der Waals surface area contributed by atoms with Crippen molar-refractivity contribution in [3.05, 3.63) is 24.3 Å². The third-order valence-electron chi connectivity index (χ3n) is 4.04. The summed E-state index contributed by atoms with van der Waals surface area (Å²) in [7, 11) is 0. The van der Waals surface area contributed by atoms with Gasteiger partial charge in [-0.25, -0.2) is 0 Å². The minimum Gasteiger partial charge on any atom is -0.399 e. The van der Waals surface area contributed by atoms with Gasteiger partial charge in [0.25, 0.3) is 0 Å². The van der Waals surface area contributed by atoms with Crippen LogP contribution in [0.2, 0.25) is 0 Å². The summed E-state index contributed by atoms with van der Waals surface area (Å²) in [5.41, 5.74) is 18.5. The standard InChI is InChI=1S/C14H24N4O2/c15-7-13(19)11-5-6-12(14(20)8-16)18(11)10-3-1-9(17)2-4-10/h1-4,11-14,19-20H,5-8,15-17H2. The van der Waals surface area contributed by atoms with Crippen molar-refractivity contribution >= 4 is 11.4 Å². The average molecular weight is 280 g/mol. The van der Waals surface area contributed by atoms with E-state index in [-0.39, 0.29) is 25.2 Å². The van der Waals surface area contributed by atoms with Crippen LogP contribution in [0.15, 0.2) is 24.3 Å². The molecule has 1 heterocycles. The average Bonchev–Trinajstić information content (AvgIpc) is 2.91. The van der Waals surface area contributed by atoms with Crippen LogP contribution in [-0.4, -0.2) is 47.6 Å². The van der Waals surface area contributed by atoms with Crippen LogP contribution in [0, 0.1) is 0 Å². The summed E-state index contributed by atoms with van der Waals surface area (Å²) in [6.07, 6.45) is 0.319. The van der Waals surface area contributed by atoms with Gasteiger partial charge in [-0.3, -0.25) is 0 Å². The highest BCUT2D eigenvalue weighted by Crippen LogP contribution is 2.34. The molecule has 1 aliphatic heterocycles. The van der Waals surface area contributed by atoms with Crippen molar-refractivity contribution in [2.75, 3.05) is 23.7 Å². The lowest BCUT2D eigenvalue weighted by Gasteiger charge is -2.36. The van der Waals surface area contributed by atoms with Crippen molar-refractivity contribution in [1.29, 1.82) is 0 Å². The Bertz CT molecular complexity index is 408. The maximum Gasteiger partial charge on any atom is 0.0865 e. The molecule has 0 aromatic heterocycles. The zero-order chi connectivity index (χ0) is 14.7. The number of rotatable bonds is 5. The largest absolute Gasteiger partial charge is 0.399 e. The molecule has 0 bridgehead atoms. The van der Waals surface area contributed by atoms with Crippen LogP contribution in [0.1, 0.15) is 12.8 Å². The van der Waals surface area contributed by atoms with Crippen molar-refractivity contribution < 1.29 is 10.2 Å². The summed E-state index contributed by atoms with van der Waals surface area (Å²) in [5, 5.41) is 20.2. The maximum atomic E-state index is 10.1. The molecule has 6 heteroatoms. The fourth-order valence-corrected chi connectivity index (χ4v) is 2.96. The lowest BCUT2D eigenvalue weighted by molar-refractivity contribution is 0.135. The molecule has 1 aliphatic rings. The zero-order valence-electron chi connectivity index (χ0n) is 11.5. The van der Waals surface area contributed by atoms with Gasteiger partial charge in [0.2, 0.25) is 0 Å². The van der Waals surface area contributed by atoms with Gasteiger partial charge >= 0.3 is 0 Å². The molecule has 0 aliphatic carbocycles. The van der Waals surface area contributed by atoms with Crippen molar-refractivity contribution in [2.45, 2.75) is 37.1 Å². The number of nitrogens with two attached hydrogens (primary N) is 3. The number of hydrogen-bond donors (Lipinski definition) is 5. The first-order valence-corrected chi connectivity index (χ1v) is 6.98. The molecule has 8 N–H and O–H groups in total. The number of aliphatic hydroxyl groups excluding tert-OH is 2. The molecule has 0 amide bonds. The van der Waals surface area contributed by atoms with Crippen LogP contribution >= 0.6 is 0 Å². The Balaban J connectivity index is 2.30. The molecule has 0 radical (unpaired) electrons. The van der Waals surface area contributed by atoms with E-state index in [1.807, 2.05) is 29.2 Å². The van der Waals surface area contributed by atoms with Gasteiger partial charge in [-0.15, -0.1) is 0 Å². The van der Waals surface area contributed by atoms with Crippen LogP contribution < -0.4 is 22.1 Å². The molecule has 1 saturated heterocycles. The SMILES string of the molecule is NCC(O)C1CCC(C(O)CN)N1c1ccc(N)cc1. The van der Waals surface area contributed by atoms with E-state index in [1.54, 1.807) is 0 Å². The molecular weight excluding hydrogens is 256 g/mol. The third kappa shape index (κ3) is 2.88. The van der Waals surface area contributed by atoms with Crippen LogP contribution in [-0.2, 0) is 0 Å². The smallest absolute Gasteiger partial charge is 0.0865 e. The summed E-state index contributed by atoms with van der Waals surface area (Å²) in [6.45, 7) is 0.392. The maximum absolute atomic E-state index is 10.1. The molecule has 20 heavy (non-hydrogen) atoms. The summed E-state index contributed by atoms with van der Waals surface area (Å²) in [6, 6.07) is 7.21. The van der Waals surface area contributed by atoms with E-state index in [0.29, 0.717) is 5.69 Å². The zero-order valence-corrected chi connectivity index (χ0v) is 11.5. The lowest BCUT2D eigenvalue weighted by Crippen LogP contribution is -2.50. The predicted octanol–water partition coefficient (Wildman–Crippen LogP) is -0.755. The number of benzene rings is 1. The second-order valence-electron chi connectivity index (χ2n) is 5.32. The molecule has 112 valence electrons. The summed E-state index contributed by atoms with van der Waals surface area (Å²) < 4.78 is 0. The lowest BCUT2D eigenvalue weighted by atomic mass is 10.1. The van der Waals surface area contributed by atoms with Crippen molar-refractivity contribution in [3.63, 3.8) is 0 Å². The Hall–Kier alpha value is -1.34. The van der Waals surface area contributed by atoms with Gasteiger partial charge in [0.1, 0.15) is 0 Å². The van der Waals surface area contributed by atoms with E-state index in [0.717, 1.165) is 18.5 Å². The molecule has 1 fully saturated rings. The molecule has 1 aromatic carbocycles. The van der Waals surface area contributed by atoms with E-state index in [4.69, 9.17) is 17.2 Å². The minimum absolute atomic E-state index is 0.102. The highest BCUT2D eigenvalue weighted by molar-refractivity contribution is 5.55. The molecule has 6 nitrogen and oxygen atoms in total. The van der Waals surface area contributed by atoms with Crippen LogP contribution in [0.5, 0.6) is 0 Å². The highest BCUT2D eigenvalue weighted by Gasteiger charge is 2.40. The topological polar surface area (TPSA) is 122 Å². The van der Waals surface area contributed by atoms with E-state index in [2.05, 4.69) is 0 Å². The van der Waals surface area contributed by atoms with E-state index in [1.165, 1.54) is 0 Å². The Morgan fingerprint density at radius 2 is 1.45 bits per heavy atom. The monoisotopic (exact) mass is 280 g/mol. The summed E-state index contributed by atoms with van der Waals surface area (Å²) in [4.78, 5) is 2.04. The number of anilines is 2. The van der Waals surface area contributed by atoms with Gasteiger partial charge in [-0.1, -0.05) is 0 Å². The Morgan fingerprint density at radius 3 is 1.85 bits per heavy atom. The first kappa shape index (κ1) is 15.1. The highest BCUT2D eigenvalue weighted by atomic mass is 16.3. The fourth-order valence-electron chi connectivity index (χ4n) is 2.96. The second-order valence-corrected chi connectivity index (χ2v) is 5.32. The Labute approximate surface area is 119 Å². The quantitative estimate of drug-likeness (QED) is 0.452. The van der Waals surface area contributed by atoms with E-state index in [9.17, 15) is 10.2 Å². The Kier molecular flexibility index (Phi) is 4.82. The third-order valence-corrected chi connectivity index (χ3v) is 4.04. The predicted molar refractivity (Wildman–Crippen MR) is 80.3 cm³/mol. The van der Waals surface area contributed by atoms with E-state index >= 15 is 0 Å². The molecule has 4 atom stereocenters. The van der Waals surface area contributed by atoms with Crippen molar-refractivity contribution in [1.82, 2.24) is 0 Å². The summed E-state index contributed by atoms with van der Waals surface area (Å²) in [5.74, 6) is 0. The van der Waals surface area contributed by atoms with Gasteiger partial charge in [0.05, 0.1) is 24.3 Å². The Morgan fingerprint density at radius 1 is 1.00 bits per heavy atom. The van der Waals surface area contributed by atoms with Crippen molar-refractivity contribution in [3.8, 4) is 0 Å². The molecule has 0 spiro atoms. The first-order chi connectivity index (χ1) is 9.58. The van der Waals surface area contributed by atoms with Crippen LogP contribution in [0.25, 0.3) is 0 Å². The van der Waals surface area contributed by atoms with Crippen molar-refractivity contribution in [2.24, 2.45) is 11.5 Å². The van der Waals surface area contributed by atoms with Gasteiger partial charge < -0.3 is 32.3 Å². The molecule has 1 aromatic rings. The molecule has 2 rings (SSSR count). The van der Waals surface area contributed by atoms with Crippen LogP contribution in [0.3, 0.4) is 0 Å². The van der Waals surface area contributed by atoms with Gasteiger partial charge in [-0.05, 0) is 37.1 Å². The number of aliphatic hydroxyl groups is 2. The van der Waals surface area contributed by atoms with Gasteiger partial charge in [-0.2, -0.15) is 0 Å². The number of hydrogen-bond acceptors (Lipinski definition) is 6. The first-order valence-electron chi connectivity index (χ1n) is 6.98. The fraction of sp³-hybridized carbons (Fsp3) is 0.571.